The Balaban J connectivity index is 1.83. The summed E-state index contributed by atoms with van der Waals surface area (Å²) in [7, 11) is 0. The van der Waals surface area contributed by atoms with Crippen molar-refractivity contribution in [2.24, 2.45) is 0 Å². The lowest BCUT2D eigenvalue weighted by Crippen LogP contribution is -1.97. The Labute approximate surface area is 157 Å². The Bertz CT molecular complexity index is 1120. The maximum absolute atomic E-state index is 5.76. The number of ether oxygens (including phenoxy) is 1. The van der Waals surface area contributed by atoms with Gasteiger partial charge in [0.05, 0.1) is 17.8 Å². The van der Waals surface area contributed by atoms with Gasteiger partial charge in [-0.15, -0.1) is 0 Å². The van der Waals surface area contributed by atoms with Gasteiger partial charge in [0.1, 0.15) is 5.69 Å². The van der Waals surface area contributed by atoms with Gasteiger partial charge in [0.2, 0.25) is 5.88 Å². The Kier molecular flexibility index (Phi) is 3.85. The highest BCUT2D eigenvalue weighted by atomic mass is 16.5. The summed E-state index contributed by atoms with van der Waals surface area (Å²) in [5.41, 5.74) is 6.31. The maximum atomic E-state index is 5.76. The number of benzene rings is 1. The molecule has 1 aromatic carbocycles. The molecule has 5 nitrogen and oxygen atoms in total. The van der Waals surface area contributed by atoms with Crippen molar-refractivity contribution in [2.45, 2.75) is 26.3 Å². The molecule has 4 aromatic rings. The number of nitrogens with zero attached hydrogens (tertiary/aromatic N) is 4. The van der Waals surface area contributed by atoms with Crippen molar-refractivity contribution in [3.8, 4) is 28.4 Å². The van der Waals surface area contributed by atoms with Gasteiger partial charge in [0.15, 0.2) is 0 Å². The van der Waals surface area contributed by atoms with Gasteiger partial charge in [0, 0.05) is 41.0 Å². The zero-order valence-electron chi connectivity index (χ0n) is 15.2. The van der Waals surface area contributed by atoms with E-state index in [9.17, 15) is 0 Å². The first-order valence-electron chi connectivity index (χ1n) is 9.39. The Hall–Kier alpha value is -3.21. The van der Waals surface area contributed by atoms with Gasteiger partial charge in [-0.05, 0) is 38.0 Å². The SMILES string of the molecule is CCOc1cc(-c2c(-c3ccccn3)nn3c2CCC3)c2ccccc2n1. The fraction of sp³-hybridized carbons (Fsp3) is 0.227. The van der Waals surface area contributed by atoms with Crippen LogP contribution in [0.4, 0.5) is 0 Å². The summed E-state index contributed by atoms with van der Waals surface area (Å²) in [6.45, 7) is 3.52. The molecule has 0 bridgehead atoms. The van der Waals surface area contributed by atoms with E-state index in [1.54, 1.807) is 0 Å². The van der Waals surface area contributed by atoms with Crippen LogP contribution in [0, 0.1) is 0 Å². The number of hydrogen-bond acceptors (Lipinski definition) is 4. The highest BCUT2D eigenvalue weighted by Crippen LogP contribution is 2.40. The lowest BCUT2D eigenvalue weighted by atomic mass is 9.96. The largest absolute Gasteiger partial charge is 0.478 e. The molecule has 0 amide bonds. The zero-order valence-corrected chi connectivity index (χ0v) is 15.2. The maximum Gasteiger partial charge on any atom is 0.214 e. The van der Waals surface area contributed by atoms with Gasteiger partial charge in [0.25, 0.3) is 0 Å². The molecule has 27 heavy (non-hydrogen) atoms. The van der Waals surface area contributed by atoms with Crippen LogP contribution in [0.15, 0.2) is 54.7 Å². The second-order valence-corrected chi connectivity index (χ2v) is 6.67. The predicted octanol–water partition coefficient (Wildman–Crippen LogP) is 4.51. The van der Waals surface area contributed by atoms with Crippen LogP contribution in [0.1, 0.15) is 19.0 Å². The predicted molar refractivity (Wildman–Crippen MR) is 106 cm³/mol. The van der Waals surface area contributed by atoms with Crippen LogP contribution in [-0.2, 0) is 13.0 Å². The average molecular weight is 356 g/mol. The fourth-order valence-corrected chi connectivity index (χ4v) is 3.88. The quantitative estimate of drug-likeness (QED) is 0.540. The van der Waals surface area contributed by atoms with Crippen molar-refractivity contribution in [1.82, 2.24) is 19.7 Å². The van der Waals surface area contributed by atoms with E-state index >= 15 is 0 Å². The van der Waals surface area contributed by atoms with E-state index in [1.807, 2.05) is 43.5 Å². The Morgan fingerprint density at radius 2 is 2.00 bits per heavy atom. The first-order chi connectivity index (χ1) is 13.3. The van der Waals surface area contributed by atoms with Gasteiger partial charge >= 0.3 is 0 Å². The normalized spacial score (nSPS) is 13.1. The van der Waals surface area contributed by atoms with Crippen LogP contribution < -0.4 is 4.74 Å². The molecule has 0 unspecified atom stereocenters. The van der Waals surface area contributed by atoms with Crippen LogP contribution >= 0.6 is 0 Å². The van der Waals surface area contributed by atoms with E-state index in [4.69, 9.17) is 9.84 Å². The summed E-state index contributed by atoms with van der Waals surface area (Å²) in [5, 5.41) is 6.02. The standard InChI is InChI=1S/C22H20N4O/c1-2-27-20-14-16(15-8-3-4-9-17(15)24-20)21-19-11-7-13-26(19)25-22(21)18-10-5-6-12-23-18/h3-6,8-10,12,14H,2,7,11,13H2,1H3. The lowest BCUT2D eigenvalue weighted by Gasteiger charge is -2.11. The summed E-state index contributed by atoms with van der Waals surface area (Å²) in [4.78, 5) is 9.23. The molecule has 0 radical (unpaired) electrons. The molecule has 5 heteroatoms. The molecular weight excluding hydrogens is 336 g/mol. The van der Waals surface area contributed by atoms with E-state index in [-0.39, 0.29) is 0 Å². The molecule has 134 valence electrons. The molecule has 0 spiro atoms. The molecule has 5 rings (SSSR count). The van der Waals surface area contributed by atoms with Gasteiger partial charge in [-0.25, -0.2) is 4.98 Å². The number of hydrogen-bond donors (Lipinski definition) is 0. The third kappa shape index (κ3) is 2.67. The summed E-state index contributed by atoms with van der Waals surface area (Å²) >= 11 is 0. The number of aryl methyl sites for hydroxylation is 1. The van der Waals surface area contributed by atoms with Crippen LogP contribution in [-0.4, -0.2) is 26.4 Å². The second-order valence-electron chi connectivity index (χ2n) is 6.67. The molecule has 3 aromatic heterocycles. The van der Waals surface area contributed by atoms with Crippen molar-refractivity contribution >= 4 is 10.9 Å². The molecule has 4 heterocycles. The summed E-state index contributed by atoms with van der Waals surface area (Å²) in [5.74, 6) is 0.649. The van der Waals surface area contributed by atoms with Crippen LogP contribution in [0.2, 0.25) is 0 Å². The van der Waals surface area contributed by atoms with Crippen molar-refractivity contribution in [3.63, 3.8) is 0 Å². The fourth-order valence-electron chi connectivity index (χ4n) is 3.88. The molecule has 0 saturated heterocycles. The Morgan fingerprint density at radius 1 is 1.11 bits per heavy atom. The van der Waals surface area contributed by atoms with E-state index in [0.29, 0.717) is 12.5 Å². The first-order valence-corrected chi connectivity index (χ1v) is 9.39. The molecule has 0 N–H and O–H groups in total. The monoisotopic (exact) mass is 356 g/mol. The molecular formula is C22H20N4O. The van der Waals surface area contributed by atoms with Crippen molar-refractivity contribution in [2.75, 3.05) is 6.61 Å². The van der Waals surface area contributed by atoms with Gasteiger partial charge in [-0.3, -0.25) is 9.67 Å². The molecule has 0 fully saturated rings. The minimum Gasteiger partial charge on any atom is -0.478 e. The number of pyridine rings is 2. The van der Waals surface area contributed by atoms with Crippen LogP contribution in [0.3, 0.4) is 0 Å². The summed E-state index contributed by atoms with van der Waals surface area (Å²) in [6, 6.07) is 16.2. The van der Waals surface area contributed by atoms with Gasteiger partial charge in [-0.2, -0.15) is 5.10 Å². The van der Waals surface area contributed by atoms with Crippen molar-refractivity contribution < 1.29 is 4.74 Å². The topological polar surface area (TPSA) is 52.8 Å². The molecule has 0 aliphatic carbocycles. The molecule has 0 atom stereocenters. The lowest BCUT2D eigenvalue weighted by molar-refractivity contribution is 0.328. The highest BCUT2D eigenvalue weighted by molar-refractivity contribution is 5.99. The summed E-state index contributed by atoms with van der Waals surface area (Å²) < 4.78 is 7.90. The van der Waals surface area contributed by atoms with E-state index in [2.05, 4.69) is 32.8 Å². The second kappa shape index (κ2) is 6.50. The van der Waals surface area contributed by atoms with E-state index in [0.717, 1.165) is 52.8 Å². The zero-order chi connectivity index (χ0) is 18.2. The number of fused-ring (bicyclic) bond motifs is 2. The third-order valence-corrected chi connectivity index (χ3v) is 5.00. The van der Waals surface area contributed by atoms with Crippen LogP contribution in [0.5, 0.6) is 5.88 Å². The van der Waals surface area contributed by atoms with Crippen molar-refractivity contribution in [1.29, 1.82) is 0 Å². The van der Waals surface area contributed by atoms with Gasteiger partial charge in [-0.1, -0.05) is 24.3 Å². The van der Waals surface area contributed by atoms with Gasteiger partial charge < -0.3 is 4.74 Å². The highest BCUT2D eigenvalue weighted by Gasteiger charge is 2.26. The minimum atomic E-state index is 0.587. The molecule has 1 aliphatic heterocycles. The van der Waals surface area contributed by atoms with E-state index < -0.39 is 0 Å². The number of para-hydroxylation sites is 1. The third-order valence-electron chi connectivity index (χ3n) is 5.00. The minimum absolute atomic E-state index is 0.587. The number of aromatic nitrogens is 4. The average Bonchev–Trinajstić information content (AvgIpc) is 3.29. The van der Waals surface area contributed by atoms with Crippen molar-refractivity contribution in [3.05, 3.63) is 60.4 Å². The first kappa shape index (κ1) is 16.0. The Morgan fingerprint density at radius 3 is 2.85 bits per heavy atom. The number of rotatable bonds is 4. The smallest absolute Gasteiger partial charge is 0.214 e. The van der Waals surface area contributed by atoms with Crippen LogP contribution in [0.25, 0.3) is 33.4 Å². The van der Waals surface area contributed by atoms with E-state index in [1.165, 1.54) is 5.69 Å². The molecule has 1 aliphatic rings. The molecule has 0 saturated carbocycles. The summed E-state index contributed by atoms with van der Waals surface area (Å²) in [6.07, 6.45) is 3.97.